The number of nitrogens with zero attached hydrogens (tertiary/aromatic N) is 2. The second-order valence-electron chi connectivity index (χ2n) is 1.86. The minimum atomic E-state index is -0.279. The predicted molar refractivity (Wildman–Crippen MR) is 36.7 cm³/mol. The smallest absolute Gasteiger partial charge is 0.269 e. The summed E-state index contributed by atoms with van der Waals surface area (Å²) >= 11 is 0. The molecule has 1 aromatic heterocycles. The molecular formula is C6H6N4O. The molecule has 0 fully saturated rings. The second kappa shape index (κ2) is 2.84. The molecule has 11 heavy (non-hydrogen) atoms. The molecule has 0 radical (unpaired) electrons. The van der Waals surface area contributed by atoms with E-state index in [0.29, 0.717) is 5.69 Å². The van der Waals surface area contributed by atoms with Gasteiger partial charge in [-0.25, -0.2) is 0 Å². The number of rotatable bonds is 1. The zero-order valence-corrected chi connectivity index (χ0v) is 5.88. The first kappa shape index (κ1) is 7.28. The molecule has 1 amide bonds. The van der Waals surface area contributed by atoms with Crippen LogP contribution in [0.4, 0.5) is 0 Å². The summed E-state index contributed by atoms with van der Waals surface area (Å²) in [6, 6.07) is 3.19. The second-order valence-corrected chi connectivity index (χ2v) is 1.86. The summed E-state index contributed by atoms with van der Waals surface area (Å²) in [6.07, 6.45) is 0. The van der Waals surface area contributed by atoms with Gasteiger partial charge in [0.05, 0.1) is 0 Å². The Balaban J connectivity index is 2.91. The van der Waals surface area contributed by atoms with Crippen LogP contribution in [-0.4, -0.2) is 23.2 Å². The lowest BCUT2D eigenvalue weighted by atomic mass is 10.3. The number of nitrogens with one attached hydrogen (secondary N) is 2. The van der Waals surface area contributed by atoms with Crippen molar-refractivity contribution >= 4 is 5.91 Å². The molecule has 0 spiro atoms. The van der Waals surface area contributed by atoms with Crippen LogP contribution in [0.3, 0.4) is 0 Å². The largest absolute Gasteiger partial charge is 0.354 e. The first-order chi connectivity index (χ1) is 5.27. The maximum Gasteiger partial charge on any atom is 0.269 e. The van der Waals surface area contributed by atoms with Crippen molar-refractivity contribution in [3.05, 3.63) is 17.5 Å². The number of hydrogen-bond acceptors (Lipinski definition) is 3. The van der Waals surface area contributed by atoms with E-state index in [-0.39, 0.29) is 11.6 Å². The van der Waals surface area contributed by atoms with E-state index in [1.165, 1.54) is 13.1 Å². The summed E-state index contributed by atoms with van der Waals surface area (Å²) in [5.41, 5.74) is 0.507. The van der Waals surface area contributed by atoms with Crippen LogP contribution < -0.4 is 5.32 Å². The van der Waals surface area contributed by atoms with Crippen LogP contribution >= 0.6 is 0 Å². The molecule has 0 aliphatic heterocycles. The molecule has 1 heterocycles. The minimum Gasteiger partial charge on any atom is -0.354 e. The van der Waals surface area contributed by atoms with E-state index in [1.807, 2.05) is 0 Å². The zero-order chi connectivity index (χ0) is 8.27. The highest BCUT2D eigenvalue weighted by molar-refractivity contribution is 5.92. The molecule has 5 nitrogen and oxygen atoms in total. The molecule has 0 aliphatic carbocycles. The van der Waals surface area contributed by atoms with Gasteiger partial charge in [-0.2, -0.15) is 10.4 Å². The number of aromatic amines is 1. The molecule has 5 heteroatoms. The van der Waals surface area contributed by atoms with Gasteiger partial charge in [0.25, 0.3) is 5.91 Å². The molecule has 0 unspecified atom stereocenters. The van der Waals surface area contributed by atoms with E-state index in [1.54, 1.807) is 6.07 Å². The van der Waals surface area contributed by atoms with Gasteiger partial charge in [0, 0.05) is 13.1 Å². The van der Waals surface area contributed by atoms with Crippen molar-refractivity contribution in [2.24, 2.45) is 0 Å². The van der Waals surface area contributed by atoms with Gasteiger partial charge < -0.3 is 5.32 Å². The van der Waals surface area contributed by atoms with Crippen LogP contribution in [0.1, 0.15) is 16.2 Å². The van der Waals surface area contributed by atoms with Gasteiger partial charge in [0.1, 0.15) is 11.8 Å². The molecule has 0 aromatic carbocycles. The van der Waals surface area contributed by atoms with Crippen molar-refractivity contribution < 1.29 is 4.79 Å². The lowest BCUT2D eigenvalue weighted by Gasteiger charge is -1.90. The SMILES string of the molecule is CNC(=O)c1cc(C#N)n[nH]1. The fourth-order valence-electron chi connectivity index (χ4n) is 0.630. The fraction of sp³-hybridized carbons (Fsp3) is 0.167. The first-order valence-electron chi connectivity index (χ1n) is 2.95. The molecule has 0 saturated carbocycles. The van der Waals surface area contributed by atoms with Crippen LogP contribution in [0.25, 0.3) is 0 Å². The van der Waals surface area contributed by atoms with Gasteiger partial charge in [0.15, 0.2) is 5.69 Å². The zero-order valence-electron chi connectivity index (χ0n) is 5.88. The maximum absolute atomic E-state index is 10.9. The fourth-order valence-corrected chi connectivity index (χ4v) is 0.630. The lowest BCUT2D eigenvalue weighted by molar-refractivity contribution is 0.0958. The number of aromatic nitrogens is 2. The third-order valence-electron chi connectivity index (χ3n) is 1.16. The summed E-state index contributed by atoms with van der Waals surface area (Å²) in [7, 11) is 1.51. The van der Waals surface area contributed by atoms with Crippen LogP contribution in [0.2, 0.25) is 0 Å². The van der Waals surface area contributed by atoms with Gasteiger partial charge in [-0.05, 0) is 0 Å². The Bertz CT molecular complexity index is 309. The molecule has 1 aromatic rings. The molecule has 1 rings (SSSR count). The van der Waals surface area contributed by atoms with Crippen molar-refractivity contribution in [2.75, 3.05) is 7.05 Å². The topological polar surface area (TPSA) is 81.6 Å². The average molecular weight is 150 g/mol. The summed E-state index contributed by atoms with van der Waals surface area (Å²) < 4.78 is 0. The van der Waals surface area contributed by atoms with Crippen LogP contribution in [-0.2, 0) is 0 Å². The number of hydrogen-bond donors (Lipinski definition) is 2. The van der Waals surface area contributed by atoms with Crippen molar-refractivity contribution in [2.45, 2.75) is 0 Å². The number of carbonyl (C=O) groups excluding carboxylic acids is 1. The Hall–Kier alpha value is -1.83. The molecule has 2 N–H and O–H groups in total. The summed E-state index contributed by atoms with van der Waals surface area (Å²) in [4.78, 5) is 10.9. The van der Waals surface area contributed by atoms with Crippen LogP contribution in [0.15, 0.2) is 6.07 Å². The van der Waals surface area contributed by atoms with Crippen molar-refractivity contribution in [3.8, 4) is 6.07 Å². The number of nitriles is 1. The summed E-state index contributed by atoms with van der Waals surface area (Å²) in [6.45, 7) is 0. The van der Waals surface area contributed by atoms with Crippen LogP contribution in [0.5, 0.6) is 0 Å². The van der Waals surface area contributed by atoms with E-state index < -0.39 is 0 Å². The highest BCUT2D eigenvalue weighted by atomic mass is 16.1. The number of amides is 1. The van der Waals surface area contributed by atoms with Crippen LogP contribution in [0, 0.1) is 11.3 Å². The summed E-state index contributed by atoms with van der Waals surface area (Å²) in [5, 5.41) is 16.7. The molecule has 0 atom stereocenters. The van der Waals surface area contributed by atoms with E-state index >= 15 is 0 Å². The molecular weight excluding hydrogens is 144 g/mol. The standard InChI is InChI=1S/C6H6N4O/c1-8-6(11)5-2-4(3-7)9-10-5/h2H,1H3,(H,8,11)(H,9,10). The Morgan fingerprint density at radius 3 is 3.09 bits per heavy atom. The van der Waals surface area contributed by atoms with Crippen molar-refractivity contribution in [1.29, 1.82) is 5.26 Å². The lowest BCUT2D eigenvalue weighted by Crippen LogP contribution is -2.17. The van der Waals surface area contributed by atoms with Gasteiger partial charge in [-0.15, -0.1) is 0 Å². The van der Waals surface area contributed by atoms with Gasteiger partial charge >= 0.3 is 0 Å². The highest BCUT2D eigenvalue weighted by Crippen LogP contribution is 1.96. The molecule has 0 bridgehead atoms. The molecule has 56 valence electrons. The van der Waals surface area contributed by atoms with Gasteiger partial charge in [0.2, 0.25) is 0 Å². The normalized spacial score (nSPS) is 8.73. The Labute approximate surface area is 63.0 Å². The third kappa shape index (κ3) is 1.35. The highest BCUT2D eigenvalue weighted by Gasteiger charge is 2.05. The van der Waals surface area contributed by atoms with E-state index in [4.69, 9.17) is 5.26 Å². The van der Waals surface area contributed by atoms with E-state index in [9.17, 15) is 4.79 Å². The predicted octanol–water partition coefficient (Wildman–Crippen LogP) is -0.359. The Kier molecular flexibility index (Phi) is 1.88. The van der Waals surface area contributed by atoms with Gasteiger partial charge in [-0.3, -0.25) is 9.89 Å². The van der Waals surface area contributed by atoms with Crippen molar-refractivity contribution in [3.63, 3.8) is 0 Å². The molecule has 0 aliphatic rings. The Morgan fingerprint density at radius 1 is 1.91 bits per heavy atom. The van der Waals surface area contributed by atoms with Crippen molar-refractivity contribution in [1.82, 2.24) is 15.5 Å². The number of H-pyrrole nitrogens is 1. The average Bonchev–Trinajstić information content (AvgIpc) is 2.50. The Morgan fingerprint density at radius 2 is 2.64 bits per heavy atom. The quantitative estimate of drug-likeness (QED) is 0.573. The first-order valence-corrected chi connectivity index (χ1v) is 2.95. The van der Waals surface area contributed by atoms with Gasteiger partial charge in [-0.1, -0.05) is 0 Å². The maximum atomic E-state index is 10.9. The monoisotopic (exact) mass is 150 g/mol. The van der Waals surface area contributed by atoms with E-state index in [0.717, 1.165) is 0 Å². The van der Waals surface area contributed by atoms with E-state index in [2.05, 4.69) is 15.5 Å². The molecule has 0 saturated heterocycles. The minimum absolute atomic E-state index is 0.212. The summed E-state index contributed by atoms with van der Waals surface area (Å²) in [5.74, 6) is -0.279. The number of carbonyl (C=O) groups is 1. The third-order valence-corrected chi connectivity index (χ3v) is 1.16.